The number of nitro groups is 1. The molecule has 0 aliphatic carbocycles. The van der Waals surface area contributed by atoms with E-state index < -0.39 is 0 Å². The van der Waals surface area contributed by atoms with E-state index in [0.29, 0.717) is 5.52 Å². The molecule has 2 aromatic carbocycles. The van der Waals surface area contributed by atoms with Crippen LogP contribution in [0.1, 0.15) is 0 Å². The highest BCUT2D eigenvalue weighted by Gasteiger charge is 2.16. The minimum absolute atomic E-state index is 0.0460. The molecular formula is C15H9IN2O2. The quantitative estimate of drug-likeness (QED) is 0.378. The summed E-state index contributed by atoms with van der Waals surface area (Å²) in [4.78, 5) is 15.0. The van der Waals surface area contributed by atoms with Gasteiger partial charge in [-0.15, -0.1) is 0 Å². The second-order valence-corrected chi connectivity index (χ2v) is 5.55. The predicted octanol–water partition coefficient (Wildman–Crippen LogP) is 4.41. The molecule has 1 aromatic heterocycles. The first-order valence-electron chi connectivity index (χ1n) is 5.95. The Kier molecular flexibility index (Phi) is 3.35. The summed E-state index contributed by atoms with van der Waals surface area (Å²) in [5.74, 6) is 0. The van der Waals surface area contributed by atoms with E-state index in [2.05, 4.69) is 27.6 Å². The maximum Gasteiger partial charge on any atom is 0.296 e. The molecule has 0 atom stereocenters. The zero-order valence-corrected chi connectivity index (χ0v) is 12.4. The van der Waals surface area contributed by atoms with Crippen molar-refractivity contribution in [1.29, 1.82) is 0 Å². The molecule has 0 saturated heterocycles. The molecule has 0 radical (unpaired) electrons. The normalized spacial score (nSPS) is 10.7. The van der Waals surface area contributed by atoms with Gasteiger partial charge in [0.25, 0.3) is 5.69 Å². The van der Waals surface area contributed by atoms with Gasteiger partial charge in [-0.3, -0.25) is 10.1 Å². The summed E-state index contributed by atoms with van der Waals surface area (Å²) in [5, 5.41) is 12.0. The van der Waals surface area contributed by atoms with Gasteiger partial charge in [0.2, 0.25) is 0 Å². The third-order valence-corrected chi connectivity index (χ3v) is 3.69. The van der Waals surface area contributed by atoms with E-state index in [0.717, 1.165) is 20.1 Å². The van der Waals surface area contributed by atoms with Crippen molar-refractivity contribution in [2.75, 3.05) is 0 Å². The number of benzene rings is 2. The van der Waals surface area contributed by atoms with Gasteiger partial charge < -0.3 is 0 Å². The number of fused-ring (bicyclic) bond motifs is 1. The molecule has 0 aliphatic rings. The van der Waals surface area contributed by atoms with Crippen molar-refractivity contribution in [3.8, 4) is 11.1 Å². The highest BCUT2D eigenvalue weighted by atomic mass is 127. The number of aromatic nitrogens is 1. The summed E-state index contributed by atoms with van der Waals surface area (Å²) in [6.07, 6.45) is 1.62. The van der Waals surface area contributed by atoms with Crippen LogP contribution >= 0.6 is 22.6 Å². The topological polar surface area (TPSA) is 56.0 Å². The first-order chi connectivity index (χ1) is 9.66. The molecule has 1 heterocycles. The molecule has 3 rings (SSSR count). The summed E-state index contributed by atoms with van der Waals surface area (Å²) in [5.41, 5.74) is 2.45. The van der Waals surface area contributed by atoms with E-state index in [1.807, 2.05) is 42.5 Å². The number of rotatable bonds is 2. The Balaban J connectivity index is 2.38. The van der Waals surface area contributed by atoms with Crippen LogP contribution in [0, 0.1) is 13.7 Å². The fourth-order valence-corrected chi connectivity index (χ4v) is 2.82. The van der Waals surface area contributed by atoms with Crippen molar-refractivity contribution in [3.63, 3.8) is 0 Å². The van der Waals surface area contributed by atoms with Crippen LogP contribution in [0.2, 0.25) is 0 Å². The molecule has 0 saturated carbocycles. The van der Waals surface area contributed by atoms with Crippen molar-refractivity contribution >= 4 is 39.2 Å². The van der Waals surface area contributed by atoms with Gasteiger partial charge in [0, 0.05) is 21.2 Å². The SMILES string of the molecule is O=[N+]([O-])c1cc(I)cc2c(-c3ccccc3)ccnc12. The maximum absolute atomic E-state index is 11.2. The molecule has 3 aromatic rings. The summed E-state index contributed by atoms with van der Waals surface area (Å²) in [6, 6.07) is 15.2. The van der Waals surface area contributed by atoms with Crippen molar-refractivity contribution in [1.82, 2.24) is 4.98 Å². The van der Waals surface area contributed by atoms with Gasteiger partial charge in [-0.25, -0.2) is 4.98 Å². The van der Waals surface area contributed by atoms with Gasteiger partial charge >= 0.3 is 0 Å². The Bertz CT molecular complexity index is 804. The third-order valence-electron chi connectivity index (χ3n) is 3.07. The van der Waals surface area contributed by atoms with Crippen LogP contribution < -0.4 is 0 Å². The number of non-ortho nitro benzene ring substituents is 1. The fourth-order valence-electron chi connectivity index (χ4n) is 2.21. The molecule has 0 aliphatic heterocycles. The van der Waals surface area contributed by atoms with Crippen LogP contribution in [0.4, 0.5) is 5.69 Å². The lowest BCUT2D eigenvalue weighted by atomic mass is 10.0. The molecule has 98 valence electrons. The van der Waals surface area contributed by atoms with E-state index in [1.165, 1.54) is 0 Å². The van der Waals surface area contributed by atoms with Crippen molar-refractivity contribution in [3.05, 3.63) is 68.4 Å². The molecule has 0 unspecified atom stereocenters. The molecule has 0 N–H and O–H groups in total. The lowest BCUT2D eigenvalue weighted by molar-refractivity contribution is -0.383. The van der Waals surface area contributed by atoms with E-state index in [4.69, 9.17) is 0 Å². The fraction of sp³-hybridized carbons (Fsp3) is 0. The zero-order chi connectivity index (χ0) is 14.1. The lowest BCUT2D eigenvalue weighted by Crippen LogP contribution is -1.94. The number of halogens is 1. The molecule has 20 heavy (non-hydrogen) atoms. The number of hydrogen-bond donors (Lipinski definition) is 0. The molecule has 5 heteroatoms. The van der Waals surface area contributed by atoms with Gasteiger partial charge in [-0.1, -0.05) is 30.3 Å². The summed E-state index contributed by atoms with van der Waals surface area (Å²) in [6.45, 7) is 0. The first-order valence-corrected chi connectivity index (χ1v) is 7.03. The molecule has 0 bridgehead atoms. The standard InChI is InChI=1S/C15H9IN2O2/c16-11-8-13-12(10-4-2-1-3-5-10)6-7-17-15(13)14(9-11)18(19)20/h1-9H. The molecule has 4 nitrogen and oxygen atoms in total. The largest absolute Gasteiger partial charge is 0.296 e. The van der Waals surface area contributed by atoms with Crippen LogP contribution in [0.5, 0.6) is 0 Å². The average molecular weight is 376 g/mol. The highest BCUT2D eigenvalue weighted by molar-refractivity contribution is 14.1. The minimum Gasteiger partial charge on any atom is -0.258 e. The summed E-state index contributed by atoms with van der Waals surface area (Å²) < 4.78 is 0.826. The average Bonchev–Trinajstić information content (AvgIpc) is 2.46. The van der Waals surface area contributed by atoms with Crippen molar-refractivity contribution in [2.24, 2.45) is 0 Å². The second kappa shape index (κ2) is 5.16. The van der Waals surface area contributed by atoms with Crippen LogP contribution in [0.25, 0.3) is 22.0 Å². The Morgan fingerprint density at radius 3 is 2.55 bits per heavy atom. The van der Waals surface area contributed by atoms with Gasteiger partial charge in [0.05, 0.1) is 4.92 Å². The summed E-state index contributed by atoms with van der Waals surface area (Å²) in [7, 11) is 0. The Morgan fingerprint density at radius 2 is 1.85 bits per heavy atom. The van der Waals surface area contributed by atoms with Crippen molar-refractivity contribution in [2.45, 2.75) is 0 Å². The van der Waals surface area contributed by atoms with Gasteiger partial charge in [-0.05, 0) is 45.9 Å². The van der Waals surface area contributed by atoms with Gasteiger partial charge in [0.15, 0.2) is 0 Å². The third kappa shape index (κ3) is 2.24. The predicted molar refractivity (Wildman–Crippen MR) is 86.6 cm³/mol. The Labute approximate surface area is 128 Å². The smallest absolute Gasteiger partial charge is 0.258 e. The van der Waals surface area contributed by atoms with Gasteiger partial charge in [0.1, 0.15) is 5.52 Å². The van der Waals surface area contributed by atoms with Crippen molar-refractivity contribution < 1.29 is 4.92 Å². The molecular weight excluding hydrogens is 367 g/mol. The van der Waals surface area contributed by atoms with E-state index in [1.54, 1.807) is 12.3 Å². The monoisotopic (exact) mass is 376 g/mol. The molecule has 0 fully saturated rings. The number of pyridine rings is 1. The number of nitro benzene ring substituents is 1. The van der Waals surface area contributed by atoms with E-state index >= 15 is 0 Å². The summed E-state index contributed by atoms with van der Waals surface area (Å²) >= 11 is 2.09. The minimum atomic E-state index is -0.383. The molecule has 0 spiro atoms. The Morgan fingerprint density at radius 1 is 1.10 bits per heavy atom. The van der Waals surface area contributed by atoms with Crippen LogP contribution in [-0.4, -0.2) is 9.91 Å². The zero-order valence-electron chi connectivity index (χ0n) is 10.3. The number of hydrogen-bond acceptors (Lipinski definition) is 3. The van der Waals surface area contributed by atoms with Crippen LogP contribution in [-0.2, 0) is 0 Å². The second-order valence-electron chi connectivity index (χ2n) is 4.30. The Hall–Kier alpha value is -2.02. The van der Waals surface area contributed by atoms with Crippen LogP contribution in [0.15, 0.2) is 54.7 Å². The van der Waals surface area contributed by atoms with Crippen LogP contribution in [0.3, 0.4) is 0 Å². The maximum atomic E-state index is 11.2. The van der Waals surface area contributed by atoms with Gasteiger partial charge in [-0.2, -0.15) is 0 Å². The first kappa shape index (κ1) is 13.0. The number of nitrogens with zero attached hydrogens (tertiary/aromatic N) is 2. The lowest BCUT2D eigenvalue weighted by Gasteiger charge is -2.07. The molecule has 0 amide bonds. The van der Waals surface area contributed by atoms with E-state index in [9.17, 15) is 10.1 Å². The highest BCUT2D eigenvalue weighted by Crippen LogP contribution is 2.33. The van der Waals surface area contributed by atoms with E-state index in [-0.39, 0.29) is 10.6 Å².